The van der Waals surface area contributed by atoms with Crippen molar-refractivity contribution in [3.05, 3.63) is 12.2 Å². The quantitative estimate of drug-likeness (QED) is 0.298. The lowest BCUT2D eigenvalue weighted by Crippen LogP contribution is -2.06. The number of hydrogen-bond donors (Lipinski definition) is 0. The third-order valence-electron chi connectivity index (χ3n) is 3.20. The first-order valence-corrected chi connectivity index (χ1v) is 7.40. The van der Waals surface area contributed by atoms with Crippen LogP contribution in [0.15, 0.2) is 12.2 Å². The Bertz CT molecular complexity index is 233. The van der Waals surface area contributed by atoms with Gasteiger partial charge < -0.3 is 4.74 Å². The average Bonchev–Trinajstić information content (AvgIpc) is 2.32. The summed E-state index contributed by atoms with van der Waals surface area (Å²) in [6.45, 7) is 10.4. The molecule has 0 saturated carbocycles. The molecule has 1 unspecified atom stereocenters. The van der Waals surface area contributed by atoms with Gasteiger partial charge in [0.2, 0.25) is 0 Å². The van der Waals surface area contributed by atoms with Crippen molar-refractivity contribution in [2.24, 2.45) is 5.92 Å². The summed E-state index contributed by atoms with van der Waals surface area (Å²) in [7, 11) is 0. The predicted octanol–water partition coefficient (Wildman–Crippen LogP) is 4.88. The van der Waals surface area contributed by atoms with Crippen LogP contribution in [0.5, 0.6) is 0 Å². The molecule has 18 heavy (non-hydrogen) atoms. The van der Waals surface area contributed by atoms with E-state index < -0.39 is 0 Å². The van der Waals surface area contributed by atoms with Crippen LogP contribution in [0.3, 0.4) is 0 Å². The van der Waals surface area contributed by atoms with Crippen LogP contribution >= 0.6 is 0 Å². The highest BCUT2D eigenvalue weighted by Gasteiger charge is 2.02. The smallest absolute Gasteiger partial charge is 0.333 e. The van der Waals surface area contributed by atoms with Gasteiger partial charge in [0.25, 0.3) is 0 Å². The molecule has 0 aromatic rings. The van der Waals surface area contributed by atoms with Gasteiger partial charge >= 0.3 is 5.97 Å². The normalized spacial score (nSPS) is 12.2. The monoisotopic (exact) mass is 254 g/mol. The molecular formula is C16H30O2. The van der Waals surface area contributed by atoms with E-state index in [2.05, 4.69) is 20.4 Å². The summed E-state index contributed by atoms with van der Waals surface area (Å²) < 4.78 is 5.04. The molecule has 0 aliphatic carbocycles. The zero-order valence-electron chi connectivity index (χ0n) is 12.5. The Morgan fingerprint density at radius 3 is 2.33 bits per heavy atom. The van der Waals surface area contributed by atoms with Crippen molar-refractivity contribution in [1.82, 2.24) is 0 Å². The number of carbonyl (C=O) groups is 1. The third kappa shape index (κ3) is 10.4. The fourth-order valence-corrected chi connectivity index (χ4v) is 2.05. The van der Waals surface area contributed by atoms with Gasteiger partial charge in [-0.15, -0.1) is 0 Å². The molecule has 2 nitrogen and oxygen atoms in total. The average molecular weight is 254 g/mol. The highest BCUT2D eigenvalue weighted by atomic mass is 16.5. The first kappa shape index (κ1) is 17.2. The van der Waals surface area contributed by atoms with Crippen LogP contribution in [0, 0.1) is 5.92 Å². The van der Waals surface area contributed by atoms with Crippen molar-refractivity contribution in [2.45, 2.75) is 72.1 Å². The third-order valence-corrected chi connectivity index (χ3v) is 3.20. The Morgan fingerprint density at radius 1 is 1.11 bits per heavy atom. The van der Waals surface area contributed by atoms with E-state index in [4.69, 9.17) is 4.74 Å². The zero-order valence-corrected chi connectivity index (χ0v) is 12.5. The fraction of sp³-hybridized carbons (Fsp3) is 0.812. The predicted molar refractivity (Wildman–Crippen MR) is 77.5 cm³/mol. The molecule has 0 N–H and O–H groups in total. The molecule has 0 spiro atoms. The lowest BCUT2D eigenvalue weighted by molar-refractivity contribution is -0.139. The van der Waals surface area contributed by atoms with Gasteiger partial charge in [0.05, 0.1) is 6.61 Å². The van der Waals surface area contributed by atoms with E-state index >= 15 is 0 Å². The number of rotatable bonds is 11. The first-order valence-electron chi connectivity index (χ1n) is 7.40. The molecule has 0 fully saturated rings. The van der Waals surface area contributed by atoms with E-state index in [-0.39, 0.29) is 5.97 Å². The Hall–Kier alpha value is -0.790. The minimum atomic E-state index is -0.261. The van der Waals surface area contributed by atoms with Crippen molar-refractivity contribution in [3.8, 4) is 0 Å². The lowest BCUT2D eigenvalue weighted by atomic mass is 9.98. The molecule has 0 saturated heterocycles. The van der Waals surface area contributed by atoms with Crippen molar-refractivity contribution < 1.29 is 9.53 Å². The maximum atomic E-state index is 11.1. The summed E-state index contributed by atoms with van der Waals surface area (Å²) in [4.78, 5) is 11.1. The highest BCUT2D eigenvalue weighted by molar-refractivity contribution is 5.86. The molecule has 0 rings (SSSR count). The van der Waals surface area contributed by atoms with Gasteiger partial charge in [-0.2, -0.15) is 0 Å². The molecule has 1 atom stereocenters. The van der Waals surface area contributed by atoms with E-state index in [9.17, 15) is 4.79 Å². The van der Waals surface area contributed by atoms with Crippen LogP contribution in [0.2, 0.25) is 0 Å². The fourth-order valence-electron chi connectivity index (χ4n) is 2.05. The van der Waals surface area contributed by atoms with E-state index in [1.54, 1.807) is 6.92 Å². The van der Waals surface area contributed by atoms with Crippen molar-refractivity contribution in [3.63, 3.8) is 0 Å². The molecule has 0 amide bonds. The van der Waals surface area contributed by atoms with E-state index in [1.165, 1.54) is 38.5 Å². The van der Waals surface area contributed by atoms with Crippen LogP contribution in [0.1, 0.15) is 72.1 Å². The van der Waals surface area contributed by atoms with Gasteiger partial charge in [0.1, 0.15) is 0 Å². The summed E-state index contributed by atoms with van der Waals surface area (Å²) in [6.07, 6.45) is 10.1. The number of hydrogen-bond acceptors (Lipinski definition) is 2. The molecule has 106 valence electrons. The van der Waals surface area contributed by atoms with Crippen molar-refractivity contribution in [1.29, 1.82) is 0 Å². The molecule has 0 radical (unpaired) electrons. The number of unbranched alkanes of at least 4 members (excludes halogenated alkanes) is 4. The van der Waals surface area contributed by atoms with Gasteiger partial charge in [0.15, 0.2) is 0 Å². The van der Waals surface area contributed by atoms with E-state index in [0.717, 1.165) is 18.8 Å². The molecular weight excluding hydrogens is 224 g/mol. The van der Waals surface area contributed by atoms with Crippen LogP contribution < -0.4 is 0 Å². The Balaban J connectivity index is 3.21. The Kier molecular flexibility index (Phi) is 10.8. The second-order valence-corrected chi connectivity index (χ2v) is 5.37. The standard InChI is InChI=1S/C16H30O2/c1-5-11-15(4)12-9-7-6-8-10-13-18-16(17)14(2)3/h15H,2,5-13H2,1,3-4H3. The van der Waals surface area contributed by atoms with E-state index in [0.29, 0.717) is 12.2 Å². The van der Waals surface area contributed by atoms with Crippen LogP contribution in [0.4, 0.5) is 0 Å². The highest BCUT2D eigenvalue weighted by Crippen LogP contribution is 2.15. The van der Waals surface area contributed by atoms with Crippen LogP contribution in [0.25, 0.3) is 0 Å². The van der Waals surface area contributed by atoms with Gasteiger partial charge in [-0.25, -0.2) is 4.79 Å². The lowest BCUT2D eigenvalue weighted by Gasteiger charge is -2.09. The number of esters is 1. The first-order chi connectivity index (χ1) is 8.57. The van der Waals surface area contributed by atoms with Gasteiger partial charge in [-0.1, -0.05) is 65.4 Å². The molecule has 0 aromatic carbocycles. The molecule has 2 heteroatoms. The zero-order chi connectivity index (χ0) is 13.8. The van der Waals surface area contributed by atoms with Gasteiger partial charge in [-0.05, 0) is 19.3 Å². The summed E-state index contributed by atoms with van der Waals surface area (Å²) in [6, 6.07) is 0. The van der Waals surface area contributed by atoms with Gasteiger partial charge in [0, 0.05) is 5.57 Å². The minimum absolute atomic E-state index is 0.261. The summed E-state index contributed by atoms with van der Waals surface area (Å²) in [5.41, 5.74) is 0.486. The molecule has 0 heterocycles. The van der Waals surface area contributed by atoms with Crippen LogP contribution in [-0.4, -0.2) is 12.6 Å². The maximum absolute atomic E-state index is 11.1. The summed E-state index contributed by atoms with van der Waals surface area (Å²) in [5.74, 6) is 0.620. The topological polar surface area (TPSA) is 26.3 Å². The van der Waals surface area contributed by atoms with Crippen molar-refractivity contribution in [2.75, 3.05) is 6.61 Å². The van der Waals surface area contributed by atoms with Crippen molar-refractivity contribution >= 4 is 5.97 Å². The molecule has 0 aliphatic rings. The van der Waals surface area contributed by atoms with E-state index in [1.807, 2.05) is 0 Å². The Morgan fingerprint density at radius 2 is 1.72 bits per heavy atom. The molecule has 0 aromatic heterocycles. The number of ether oxygens (including phenoxy) is 1. The van der Waals surface area contributed by atoms with Crippen LogP contribution in [-0.2, 0) is 9.53 Å². The van der Waals surface area contributed by atoms with Gasteiger partial charge in [-0.3, -0.25) is 0 Å². The second kappa shape index (κ2) is 11.3. The summed E-state index contributed by atoms with van der Waals surface area (Å²) in [5, 5.41) is 0. The minimum Gasteiger partial charge on any atom is -0.462 e. The SMILES string of the molecule is C=C(C)C(=O)OCCCCCCCC(C)CCC. The molecule has 0 aliphatic heterocycles. The second-order valence-electron chi connectivity index (χ2n) is 5.37. The summed E-state index contributed by atoms with van der Waals surface area (Å²) >= 11 is 0. The Labute approximate surface area is 113 Å². The largest absolute Gasteiger partial charge is 0.462 e. The molecule has 0 bridgehead atoms. The number of carbonyl (C=O) groups excluding carboxylic acids is 1. The maximum Gasteiger partial charge on any atom is 0.333 e.